The number of carbonyl (C=O) groups excluding carboxylic acids is 2. The topological polar surface area (TPSA) is 68.3 Å². The summed E-state index contributed by atoms with van der Waals surface area (Å²) >= 11 is 0. The van der Waals surface area contributed by atoms with E-state index in [0.29, 0.717) is 25.4 Å². The van der Waals surface area contributed by atoms with Crippen LogP contribution in [0.15, 0.2) is 54.6 Å². The van der Waals surface area contributed by atoms with Crippen molar-refractivity contribution in [1.29, 1.82) is 0 Å². The van der Waals surface area contributed by atoms with Crippen LogP contribution in [0.4, 0.5) is 5.69 Å². The predicted octanol–water partition coefficient (Wildman–Crippen LogP) is 2.74. The molecule has 30 heavy (non-hydrogen) atoms. The summed E-state index contributed by atoms with van der Waals surface area (Å²) in [5, 5.41) is 0. The van der Waals surface area contributed by atoms with Gasteiger partial charge in [-0.15, -0.1) is 0 Å². The number of carbonyl (C=O) groups is 2. The lowest BCUT2D eigenvalue weighted by Gasteiger charge is -2.37. The van der Waals surface area contributed by atoms with E-state index in [1.54, 1.807) is 36.1 Å². The second-order valence-electron chi connectivity index (χ2n) is 6.97. The molecule has 7 nitrogen and oxygen atoms in total. The molecule has 1 aliphatic rings. The van der Waals surface area contributed by atoms with Crippen molar-refractivity contribution in [3.8, 4) is 11.5 Å². The van der Waals surface area contributed by atoms with E-state index in [1.807, 2.05) is 25.1 Å². The van der Waals surface area contributed by atoms with Crippen molar-refractivity contribution in [2.75, 3.05) is 44.3 Å². The summed E-state index contributed by atoms with van der Waals surface area (Å²) in [5.41, 5.74) is 1.15. The van der Waals surface area contributed by atoms with Gasteiger partial charge in [0.2, 0.25) is 0 Å². The molecule has 1 amide bonds. The Morgan fingerprint density at radius 3 is 2.10 bits per heavy atom. The Bertz CT molecular complexity index is 817. The lowest BCUT2D eigenvalue weighted by atomic mass is 10.2. The van der Waals surface area contributed by atoms with E-state index in [1.165, 1.54) is 0 Å². The molecule has 7 heteroatoms. The summed E-state index contributed by atoms with van der Waals surface area (Å²) in [6.07, 6.45) is -0.843. The number of benzene rings is 2. The molecule has 160 valence electrons. The Hall–Kier alpha value is -3.22. The van der Waals surface area contributed by atoms with E-state index in [2.05, 4.69) is 17.0 Å². The molecule has 1 heterocycles. The number of piperazine rings is 1. The van der Waals surface area contributed by atoms with Gasteiger partial charge in [-0.1, -0.05) is 18.2 Å². The molecule has 2 aromatic rings. The van der Waals surface area contributed by atoms with Crippen molar-refractivity contribution in [3.05, 3.63) is 54.6 Å². The van der Waals surface area contributed by atoms with Crippen LogP contribution >= 0.6 is 0 Å². The minimum Gasteiger partial charge on any atom is -0.494 e. The Kier molecular flexibility index (Phi) is 7.54. The summed E-state index contributed by atoms with van der Waals surface area (Å²) in [5.74, 6) is 0.509. The van der Waals surface area contributed by atoms with Crippen molar-refractivity contribution in [3.63, 3.8) is 0 Å². The predicted molar refractivity (Wildman–Crippen MR) is 114 cm³/mol. The molecule has 1 fully saturated rings. The van der Waals surface area contributed by atoms with Crippen LogP contribution in [0.2, 0.25) is 0 Å². The first-order chi connectivity index (χ1) is 14.6. The smallest absolute Gasteiger partial charge is 0.344 e. The quantitative estimate of drug-likeness (QED) is 0.621. The minimum atomic E-state index is -0.843. The van der Waals surface area contributed by atoms with Gasteiger partial charge in [-0.05, 0) is 50.2 Å². The van der Waals surface area contributed by atoms with Crippen LogP contribution in [0.25, 0.3) is 0 Å². The molecule has 0 N–H and O–H groups in total. The van der Waals surface area contributed by atoms with Gasteiger partial charge in [-0.25, -0.2) is 4.79 Å². The molecule has 0 radical (unpaired) electrons. The number of rotatable bonds is 8. The maximum absolute atomic E-state index is 12.6. The highest BCUT2D eigenvalue weighted by atomic mass is 16.6. The number of hydrogen-bond donors (Lipinski definition) is 0. The van der Waals surface area contributed by atoms with E-state index >= 15 is 0 Å². The van der Waals surface area contributed by atoms with Gasteiger partial charge in [-0.2, -0.15) is 0 Å². The maximum Gasteiger partial charge on any atom is 0.344 e. The molecule has 0 unspecified atom stereocenters. The fraction of sp³-hybridized carbons (Fsp3) is 0.391. The van der Waals surface area contributed by atoms with E-state index in [9.17, 15) is 9.59 Å². The zero-order valence-corrected chi connectivity index (χ0v) is 17.5. The number of ether oxygens (including phenoxy) is 3. The average molecular weight is 412 g/mol. The molecule has 0 bridgehead atoms. The van der Waals surface area contributed by atoms with Gasteiger partial charge >= 0.3 is 5.97 Å². The molecule has 0 aliphatic carbocycles. The van der Waals surface area contributed by atoms with Gasteiger partial charge < -0.3 is 24.0 Å². The van der Waals surface area contributed by atoms with Crippen LogP contribution in [0.1, 0.15) is 13.8 Å². The van der Waals surface area contributed by atoms with Crippen LogP contribution in [0.3, 0.4) is 0 Å². The van der Waals surface area contributed by atoms with E-state index in [-0.39, 0.29) is 12.5 Å². The summed E-state index contributed by atoms with van der Waals surface area (Å²) in [4.78, 5) is 28.7. The molecule has 1 aliphatic heterocycles. The molecule has 1 saturated heterocycles. The SMILES string of the molecule is CCOc1ccc(OCC(=O)O[C@@H](C)C(=O)N2CCN(c3ccccc3)CC2)cc1. The Morgan fingerprint density at radius 1 is 0.900 bits per heavy atom. The van der Waals surface area contributed by atoms with E-state index < -0.39 is 12.1 Å². The lowest BCUT2D eigenvalue weighted by molar-refractivity contribution is -0.160. The summed E-state index contributed by atoms with van der Waals surface area (Å²) in [6, 6.07) is 17.1. The van der Waals surface area contributed by atoms with Gasteiger partial charge in [0.05, 0.1) is 6.61 Å². The maximum atomic E-state index is 12.6. The molecule has 2 aromatic carbocycles. The van der Waals surface area contributed by atoms with Gasteiger partial charge in [0.15, 0.2) is 12.7 Å². The summed E-state index contributed by atoms with van der Waals surface area (Å²) in [6.45, 7) is 6.52. The summed E-state index contributed by atoms with van der Waals surface area (Å²) in [7, 11) is 0. The van der Waals surface area contributed by atoms with Gasteiger partial charge in [0, 0.05) is 31.9 Å². The normalized spacial score (nSPS) is 14.7. The number of anilines is 1. The van der Waals surface area contributed by atoms with Crippen molar-refractivity contribution < 1.29 is 23.8 Å². The summed E-state index contributed by atoms with van der Waals surface area (Å²) < 4.78 is 16.1. The molecule has 0 saturated carbocycles. The zero-order valence-electron chi connectivity index (χ0n) is 17.5. The van der Waals surface area contributed by atoms with Crippen LogP contribution in [-0.2, 0) is 14.3 Å². The van der Waals surface area contributed by atoms with E-state index in [0.717, 1.165) is 24.5 Å². The Balaban J connectivity index is 1.41. The second kappa shape index (κ2) is 10.5. The highest BCUT2D eigenvalue weighted by Crippen LogP contribution is 2.18. The lowest BCUT2D eigenvalue weighted by Crippen LogP contribution is -2.51. The molecule has 0 aromatic heterocycles. The largest absolute Gasteiger partial charge is 0.494 e. The Labute approximate surface area is 177 Å². The van der Waals surface area contributed by atoms with Gasteiger partial charge in [0.1, 0.15) is 11.5 Å². The fourth-order valence-electron chi connectivity index (χ4n) is 3.30. The molecular weight excluding hydrogens is 384 g/mol. The first kappa shape index (κ1) is 21.5. The second-order valence-corrected chi connectivity index (χ2v) is 6.97. The third kappa shape index (κ3) is 5.89. The van der Waals surface area contributed by atoms with Crippen molar-refractivity contribution >= 4 is 17.6 Å². The highest BCUT2D eigenvalue weighted by Gasteiger charge is 2.27. The van der Waals surface area contributed by atoms with Crippen LogP contribution < -0.4 is 14.4 Å². The first-order valence-corrected chi connectivity index (χ1v) is 10.2. The number of amides is 1. The third-order valence-electron chi connectivity index (χ3n) is 4.86. The fourth-order valence-corrected chi connectivity index (χ4v) is 3.30. The molecule has 3 rings (SSSR count). The van der Waals surface area contributed by atoms with Crippen molar-refractivity contribution in [2.45, 2.75) is 20.0 Å². The number of esters is 1. The first-order valence-electron chi connectivity index (χ1n) is 10.2. The Morgan fingerprint density at radius 2 is 1.50 bits per heavy atom. The van der Waals surface area contributed by atoms with Gasteiger partial charge in [0.25, 0.3) is 5.91 Å². The average Bonchev–Trinajstić information content (AvgIpc) is 2.79. The zero-order chi connectivity index (χ0) is 21.3. The molecular formula is C23H28N2O5. The monoisotopic (exact) mass is 412 g/mol. The highest BCUT2D eigenvalue weighted by molar-refractivity contribution is 5.84. The standard InChI is InChI=1S/C23H28N2O5/c1-3-28-20-9-11-21(12-10-20)29-17-22(26)30-18(2)23(27)25-15-13-24(14-16-25)19-7-5-4-6-8-19/h4-12,18H,3,13-17H2,1-2H3/t18-/m0/s1. The van der Waals surface area contributed by atoms with Crippen molar-refractivity contribution in [1.82, 2.24) is 4.90 Å². The molecule has 1 atom stereocenters. The van der Waals surface area contributed by atoms with Crippen LogP contribution in [0, 0.1) is 0 Å². The van der Waals surface area contributed by atoms with E-state index in [4.69, 9.17) is 14.2 Å². The third-order valence-corrected chi connectivity index (χ3v) is 4.86. The van der Waals surface area contributed by atoms with Crippen LogP contribution in [0.5, 0.6) is 11.5 Å². The molecule has 0 spiro atoms. The number of hydrogen-bond acceptors (Lipinski definition) is 6. The van der Waals surface area contributed by atoms with Crippen molar-refractivity contribution in [2.24, 2.45) is 0 Å². The minimum absolute atomic E-state index is 0.183. The number of nitrogens with zero attached hydrogens (tertiary/aromatic N) is 2. The van der Waals surface area contributed by atoms with Gasteiger partial charge in [-0.3, -0.25) is 4.79 Å². The van der Waals surface area contributed by atoms with Crippen LogP contribution in [-0.4, -0.2) is 62.3 Å². The number of para-hydroxylation sites is 1.